The molecule has 0 amide bonds. The van der Waals surface area contributed by atoms with Crippen molar-refractivity contribution in [3.8, 4) is 5.69 Å². The lowest BCUT2D eigenvalue weighted by molar-refractivity contribution is -0.898. The van der Waals surface area contributed by atoms with Crippen molar-refractivity contribution in [1.29, 1.82) is 0 Å². The standard InChI is InChI=1S/C16H19ClN4O/c1-2-19-8-10-20(11-9-19)14-12-18-21(16(22)15(14)17)13-6-4-3-5-7-13/h3-7,12H,2,8-11H2,1H3/p+1. The van der Waals surface area contributed by atoms with Crippen molar-refractivity contribution in [1.82, 2.24) is 9.78 Å². The molecule has 0 aliphatic carbocycles. The van der Waals surface area contributed by atoms with Gasteiger partial charge >= 0.3 is 0 Å². The Morgan fingerprint density at radius 3 is 2.55 bits per heavy atom. The largest absolute Gasteiger partial charge is 0.358 e. The number of para-hydroxylation sites is 1. The Bertz CT molecular complexity index is 693. The Morgan fingerprint density at radius 1 is 1.23 bits per heavy atom. The van der Waals surface area contributed by atoms with E-state index in [4.69, 9.17) is 11.6 Å². The summed E-state index contributed by atoms with van der Waals surface area (Å²) in [6, 6.07) is 9.33. The van der Waals surface area contributed by atoms with E-state index in [1.807, 2.05) is 30.3 Å². The summed E-state index contributed by atoms with van der Waals surface area (Å²) in [6.45, 7) is 7.26. The molecule has 6 heteroatoms. The van der Waals surface area contributed by atoms with Gasteiger partial charge in [-0.1, -0.05) is 29.8 Å². The van der Waals surface area contributed by atoms with Crippen molar-refractivity contribution in [2.45, 2.75) is 6.92 Å². The van der Waals surface area contributed by atoms with Gasteiger partial charge < -0.3 is 9.80 Å². The Morgan fingerprint density at radius 2 is 1.91 bits per heavy atom. The van der Waals surface area contributed by atoms with Gasteiger partial charge in [-0.25, -0.2) is 0 Å². The molecule has 2 heterocycles. The number of rotatable bonds is 3. The van der Waals surface area contributed by atoms with Crippen molar-refractivity contribution in [3.63, 3.8) is 0 Å². The quantitative estimate of drug-likeness (QED) is 0.901. The Hall–Kier alpha value is -1.85. The van der Waals surface area contributed by atoms with Gasteiger partial charge in [0.1, 0.15) is 5.02 Å². The SMILES string of the molecule is CC[NH+]1CCN(c2cnn(-c3ccccc3)c(=O)c2Cl)CC1. The molecule has 1 fully saturated rings. The number of nitrogens with one attached hydrogen (secondary N) is 1. The number of quaternary nitrogens is 1. The van der Waals surface area contributed by atoms with Gasteiger partial charge in [0.25, 0.3) is 5.56 Å². The van der Waals surface area contributed by atoms with Crippen LogP contribution in [0.25, 0.3) is 5.69 Å². The maximum absolute atomic E-state index is 12.5. The number of benzene rings is 1. The van der Waals surface area contributed by atoms with E-state index in [-0.39, 0.29) is 10.6 Å². The fraction of sp³-hybridized carbons (Fsp3) is 0.375. The van der Waals surface area contributed by atoms with Crippen molar-refractivity contribution >= 4 is 17.3 Å². The maximum atomic E-state index is 12.5. The lowest BCUT2D eigenvalue weighted by Crippen LogP contribution is -3.14. The van der Waals surface area contributed by atoms with Crippen molar-refractivity contribution in [2.75, 3.05) is 37.6 Å². The Labute approximate surface area is 134 Å². The molecule has 2 aromatic rings. The topological polar surface area (TPSA) is 42.6 Å². The molecular weight excluding hydrogens is 300 g/mol. The minimum Gasteiger partial charge on any atom is -0.358 e. The molecule has 5 nitrogen and oxygen atoms in total. The van der Waals surface area contributed by atoms with E-state index in [1.54, 1.807) is 11.1 Å². The normalized spacial score (nSPS) is 16.0. The summed E-state index contributed by atoms with van der Waals surface area (Å²) in [6.07, 6.45) is 1.70. The number of hydrogen-bond donors (Lipinski definition) is 1. The average Bonchev–Trinajstić information content (AvgIpc) is 2.58. The first-order chi connectivity index (χ1) is 10.7. The molecule has 1 N–H and O–H groups in total. The van der Waals surface area contributed by atoms with E-state index in [9.17, 15) is 4.79 Å². The van der Waals surface area contributed by atoms with Crippen LogP contribution in [-0.2, 0) is 0 Å². The summed E-state index contributed by atoms with van der Waals surface area (Å²) >= 11 is 6.33. The number of piperazine rings is 1. The lowest BCUT2D eigenvalue weighted by Gasteiger charge is -2.33. The van der Waals surface area contributed by atoms with Gasteiger partial charge in [0.05, 0.1) is 50.3 Å². The van der Waals surface area contributed by atoms with Crippen LogP contribution in [0.15, 0.2) is 41.3 Å². The van der Waals surface area contributed by atoms with E-state index in [2.05, 4.69) is 16.9 Å². The second kappa shape index (κ2) is 6.50. The summed E-state index contributed by atoms with van der Waals surface area (Å²) in [4.78, 5) is 16.2. The summed E-state index contributed by atoms with van der Waals surface area (Å²) < 4.78 is 1.35. The molecule has 116 valence electrons. The first kappa shape index (κ1) is 15.1. The number of anilines is 1. The van der Waals surface area contributed by atoms with Crippen LogP contribution in [0, 0.1) is 0 Å². The zero-order chi connectivity index (χ0) is 15.5. The number of likely N-dealkylation sites (N-methyl/N-ethyl adjacent to an activating group) is 1. The van der Waals surface area contributed by atoms with Gasteiger partial charge in [0, 0.05) is 0 Å². The third-order valence-electron chi connectivity index (χ3n) is 4.21. The summed E-state index contributed by atoms with van der Waals surface area (Å²) in [5, 5.41) is 4.54. The zero-order valence-electron chi connectivity index (χ0n) is 12.6. The van der Waals surface area contributed by atoms with Crippen LogP contribution >= 0.6 is 11.6 Å². The number of halogens is 1. The number of hydrogen-bond acceptors (Lipinski definition) is 3. The van der Waals surface area contributed by atoms with Crippen LogP contribution in [0.3, 0.4) is 0 Å². The highest BCUT2D eigenvalue weighted by Crippen LogP contribution is 2.21. The summed E-state index contributed by atoms with van der Waals surface area (Å²) in [7, 11) is 0. The molecule has 0 atom stereocenters. The molecule has 1 aromatic heterocycles. The van der Waals surface area contributed by atoms with E-state index < -0.39 is 0 Å². The first-order valence-corrected chi connectivity index (χ1v) is 8.00. The highest BCUT2D eigenvalue weighted by molar-refractivity contribution is 6.33. The molecule has 0 saturated carbocycles. The Balaban J connectivity index is 1.89. The third-order valence-corrected chi connectivity index (χ3v) is 4.57. The molecule has 1 saturated heterocycles. The molecule has 22 heavy (non-hydrogen) atoms. The maximum Gasteiger partial charge on any atom is 0.292 e. The number of nitrogens with zero attached hydrogens (tertiary/aromatic N) is 3. The van der Waals surface area contributed by atoms with Crippen LogP contribution in [0.4, 0.5) is 5.69 Å². The molecular formula is C16H20ClN4O+. The molecule has 0 radical (unpaired) electrons. The monoisotopic (exact) mass is 319 g/mol. The molecule has 0 spiro atoms. The summed E-state index contributed by atoms with van der Waals surface area (Å²) in [5.41, 5.74) is 1.20. The second-order valence-electron chi connectivity index (χ2n) is 5.49. The lowest BCUT2D eigenvalue weighted by atomic mass is 10.3. The zero-order valence-corrected chi connectivity index (χ0v) is 13.4. The van der Waals surface area contributed by atoms with E-state index in [0.29, 0.717) is 0 Å². The van der Waals surface area contributed by atoms with Gasteiger partial charge in [-0.2, -0.15) is 9.78 Å². The van der Waals surface area contributed by atoms with E-state index in [0.717, 1.165) is 44.1 Å². The van der Waals surface area contributed by atoms with Crippen LogP contribution < -0.4 is 15.4 Å². The predicted molar refractivity (Wildman–Crippen MR) is 88.3 cm³/mol. The summed E-state index contributed by atoms with van der Waals surface area (Å²) in [5.74, 6) is 0. The molecule has 1 aromatic carbocycles. The minimum atomic E-state index is -0.268. The molecule has 1 aliphatic rings. The van der Waals surface area contributed by atoms with Gasteiger partial charge in [0.2, 0.25) is 0 Å². The molecule has 1 aliphatic heterocycles. The third kappa shape index (κ3) is 2.87. The van der Waals surface area contributed by atoms with Gasteiger partial charge in [0.15, 0.2) is 0 Å². The second-order valence-corrected chi connectivity index (χ2v) is 5.86. The van der Waals surface area contributed by atoms with Crippen molar-refractivity contribution in [3.05, 3.63) is 51.9 Å². The van der Waals surface area contributed by atoms with Crippen LogP contribution in [0.5, 0.6) is 0 Å². The fourth-order valence-corrected chi connectivity index (χ4v) is 3.06. The number of aromatic nitrogens is 2. The molecule has 3 rings (SSSR count). The smallest absolute Gasteiger partial charge is 0.292 e. The fourth-order valence-electron chi connectivity index (χ4n) is 2.82. The van der Waals surface area contributed by atoms with Gasteiger partial charge in [-0.3, -0.25) is 4.79 Å². The van der Waals surface area contributed by atoms with Gasteiger partial charge in [-0.15, -0.1) is 0 Å². The Kier molecular flexibility index (Phi) is 4.45. The van der Waals surface area contributed by atoms with E-state index >= 15 is 0 Å². The predicted octanol–water partition coefficient (Wildman–Crippen LogP) is 0.611. The highest BCUT2D eigenvalue weighted by Gasteiger charge is 2.22. The van der Waals surface area contributed by atoms with Crippen molar-refractivity contribution < 1.29 is 4.90 Å². The minimum absolute atomic E-state index is 0.249. The average molecular weight is 320 g/mol. The molecule has 0 bridgehead atoms. The van der Waals surface area contributed by atoms with Crippen molar-refractivity contribution in [2.24, 2.45) is 0 Å². The van der Waals surface area contributed by atoms with E-state index in [1.165, 1.54) is 4.68 Å². The van der Waals surface area contributed by atoms with Gasteiger partial charge in [-0.05, 0) is 19.1 Å². The molecule has 0 unspecified atom stereocenters. The van der Waals surface area contributed by atoms with Crippen LogP contribution in [0.1, 0.15) is 6.92 Å². The highest BCUT2D eigenvalue weighted by atomic mass is 35.5. The van der Waals surface area contributed by atoms with Crippen LogP contribution in [-0.4, -0.2) is 42.5 Å². The first-order valence-electron chi connectivity index (χ1n) is 7.62. The van der Waals surface area contributed by atoms with Crippen LogP contribution in [0.2, 0.25) is 5.02 Å².